The zero-order valence-corrected chi connectivity index (χ0v) is 13.4. The van der Waals surface area contributed by atoms with Crippen molar-refractivity contribution in [3.63, 3.8) is 0 Å². The molecule has 0 aliphatic rings. The first-order valence-electron chi connectivity index (χ1n) is 7.12. The molecule has 0 saturated heterocycles. The van der Waals surface area contributed by atoms with Crippen molar-refractivity contribution >= 4 is 11.6 Å². The van der Waals surface area contributed by atoms with Crippen LogP contribution in [0.5, 0.6) is 5.75 Å². The van der Waals surface area contributed by atoms with Gasteiger partial charge in [0.1, 0.15) is 12.4 Å². The van der Waals surface area contributed by atoms with Crippen LogP contribution < -0.4 is 10.1 Å². The molecule has 0 aliphatic carbocycles. The molecule has 0 radical (unpaired) electrons. The number of pyridine rings is 1. The highest BCUT2D eigenvalue weighted by molar-refractivity contribution is 6.30. The number of benzene rings is 1. The van der Waals surface area contributed by atoms with Crippen LogP contribution in [0.1, 0.15) is 30.8 Å². The maximum Gasteiger partial charge on any atom is 0.142 e. The lowest BCUT2D eigenvalue weighted by Gasteiger charge is -2.13. The first-order chi connectivity index (χ1) is 10.0. The van der Waals surface area contributed by atoms with Crippen molar-refractivity contribution in [3.05, 3.63) is 58.4 Å². The molecule has 1 aromatic carbocycles. The minimum absolute atomic E-state index is 0.413. The number of rotatable bonds is 6. The van der Waals surface area contributed by atoms with E-state index >= 15 is 0 Å². The summed E-state index contributed by atoms with van der Waals surface area (Å²) in [6.07, 6.45) is 0. The van der Waals surface area contributed by atoms with Crippen LogP contribution in [-0.4, -0.2) is 11.0 Å². The Kier molecular flexibility index (Phi) is 5.59. The summed E-state index contributed by atoms with van der Waals surface area (Å²) in [5.41, 5.74) is 3.02. The van der Waals surface area contributed by atoms with E-state index in [9.17, 15) is 0 Å². The van der Waals surface area contributed by atoms with Gasteiger partial charge in [0.15, 0.2) is 0 Å². The van der Waals surface area contributed by atoms with Crippen LogP contribution >= 0.6 is 11.6 Å². The molecule has 21 heavy (non-hydrogen) atoms. The fourth-order valence-electron chi connectivity index (χ4n) is 1.90. The standard InChI is InChI=1S/C17H21ClN2O/c1-12(2)19-10-16-17(9-4-13(3)20-16)21-11-14-5-7-15(18)8-6-14/h4-9,12,19H,10-11H2,1-3H3. The fraction of sp³-hybridized carbons (Fsp3) is 0.353. The van der Waals surface area contributed by atoms with E-state index in [0.717, 1.165) is 27.7 Å². The second-order valence-corrected chi connectivity index (χ2v) is 5.78. The summed E-state index contributed by atoms with van der Waals surface area (Å²) >= 11 is 5.88. The number of aromatic nitrogens is 1. The van der Waals surface area contributed by atoms with E-state index in [1.165, 1.54) is 0 Å². The summed E-state index contributed by atoms with van der Waals surface area (Å²) in [6.45, 7) is 7.43. The number of hydrogen-bond acceptors (Lipinski definition) is 3. The molecule has 1 N–H and O–H groups in total. The highest BCUT2D eigenvalue weighted by Gasteiger charge is 2.07. The van der Waals surface area contributed by atoms with E-state index in [0.29, 0.717) is 19.2 Å². The van der Waals surface area contributed by atoms with Gasteiger partial charge in [-0.2, -0.15) is 0 Å². The molecule has 0 spiro atoms. The summed E-state index contributed by atoms with van der Waals surface area (Å²) in [5, 5.41) is 4.11. The van der Waals surface area contributed by atoms with Gasteiger partial charge in [-0.25, -0.2) is 0 Å². The molecule has 0 bridgehead atoms. The van der Waals surface area contributed by atoms with Gasteiger partial charge in [0, 0.05) is 23.3 Å². The van der Waals surface area contributed by atoms with Crippen LogP contribution in [0.15, 0.2) is 36.4 Å². The van der Waals surface area contributed by atoms with Gasteiger partial charge in [-0.05, 0) is 36.8 Å². The zero-order valence-electron chi connectivity index (χ0n) is 12.7. The molecule has 2 aromatic rings. The van der Waals surface area contributed by atoms with E-state index in [-0.39, 0.29) is 0 Å². The Balaban J connectivity index is 2.06. The van der Waals surface area contributed by atoms with Gasteiger partial charge in [-0.3, -0.25) is 4.98 Å². The second kappa shape index (κ2) is 7.43. The highest BCUT2D eigenvalue weighted by Crippen LogP contribution is 2.19. The van der Waals surface area contributed by atoms with Crippen LogP contribution in [0.4, 0.5) is 0 Å². The molecule has 0 atom stereocenters. The average molecular weight is 305 g/mol. The van der Waals surface area contributed by atoms with Gasteiger partial charge >= 0.3 is 0 Å². The molecule has 112 valence electrons. The third-order valence-electron chi connectivity index (χ3n) is 3.06. The first-order valence-corrected chi connectivity index (χ1v) is 7.49. The van der Waals surface area contributed by atoms with Crippen LogP contribution in [0.25, 0.3) is 0 Å². The van der Waals surface area contributed by atoms with Crippen molar-refractivity contribution in [2.45, 2.75) is 40.0 Å². The monoisotopic (exact) mass is 304 g/mol. The Morgan fingerprint density at radius 1 is 1.14 bits per heavy atom. The van der Waals surface area contributed by atoms with Crippen molar-refractivity contribution in [1.82, 2.24) is 10.3 Å². The van der Waals surface area contributed by atoms with Gasteiger partial charge in [-0.1, -0.05) is 37.6 Å². The van der Waals surface area contributed by atoms with E-state index < -0.39 is 0 Å². The maximum absolute atomic E-state index is 5.90. The molecule has 0 fully saturated rings. The van der Waals surface area contributed by atoms with Gasteiger partial charge in [0.25, 0.3) is 0 Å². The summed E-state index contributed by atoms with van der Waals surface area (Å²) in [4.78, 5) is 4.56. The van der Waals surface area contributed by atoms with Crippen molar-refractivity contribution in [1.29, 1.82) is 0 Å². The minimum atomic E-state index is 0.413. The molecule has 0 amide bonds. The maximum atomic E-state index is 5.90. The summed E-state index contributed by atoms with van der Waals surface area (Å²) in [5.74, 6) is 0.823. The van der Waals surface area contributed by atoms with Gasteiger partial charge in [0.2, 0.25) is 0 Å². The summed E-state index contributed by atoms with van der Waals surface area (Å²) in [7, 11) is 0. The lowest BCUT2D eigenvalue weighted by Crippen LogP contribution is -2.23. The average Bonchev–Trinajstić information content (AvgIpc) is 2.45. The Labute approximate surface area is 131 Å². The molecule has 1 aromatic heterocycles. The Morgan fingerprint density at radius 2 is 1.86 bits per heavy atom. The quantitative estimate of drug-likeness (QED) is 0.871. The van der Waals surface area contributed by atoms with Crippen molar-refractivity contribution in [3.8, 4) is 5.75 Å². The molecule has 0 unspecified atom stereocenters. The number of hydrogen-bond donors (Lipinski definition) is 1. The molecular weight excluding hydrogens is 284 g/mol. The molecule has 2 rings (SSSR count). The van der Waals surface area contributed by atoms with Crippen molar-refractivity contribution in [2.75, 3.05) is 0 Å². The Hall–Kier alpha value is -1.58. The fourth-order valence-corrected chi connectivity index (χ4v) is 2.02. The first kappa shape index (κ1) is 15.8. The lowest BCUT2D eigenvalue weighted by molar-refractivity contribution is 0.299. The summed E-state index contributed by atoms with van der Waals surface area (Å²) in [6, 6.07) is 12.0. The van der Waals surface area contributed by atoms with E-state index in [1.807, 2.05) is 43.3 Å². The van der Waals surface area contributed by atoms with E-state index in [4.69, 9.17) is 16.3 Å². The van der Waals surface area contributed by atoms with Crippen LogP contribution in [0.3, 0.4) is 0 Å². The zero-order chi connectivity index (χ0) is 15.2. The normalized spacial score (nSPS) is 10.9. The number of ether oxygens (including phenoxy) is 1. The Bertz CT molecular complexity index is 582. The molecule has 3 nitrogen and oxygen atoms in total. The Morgan fingerprint density at radius 3 is 2.52 bits per heavy atom. The highest BCUT2D eigenvalue weighted by atomic mass is 35.5. The molecule has 0 aliphatic heterocycles. The lowest BCUT2D eigenvalue weighted by atomic mass is 10.2. The number of aryl methyl sites for hydroxylation is 1. The van der Waals surface area contributed by atoms with E-state index in [1.54, 1.807) is 0 Å². The predicted molar refractivity (Wildman–Crippen MR) is 86.7 cm³/mol. The van der Waals surface area contributed by atoms with Crippen LogP contribution in [0.2, 0.25) is 5.02 Å². The molecule has 1 heterocycles. The third kappa shape index (κ3) is 5.03. The topological polar surface area (TPSA) is 34.1 Å². The van der Waals surface area contributed by atoms with Gasteiger partial charge in [-0.15, -0.1) is 0 Å². The largest absolute Gasteiger partial charge is 0.487 e. The second-order valence-electron chi connectivity index (χ2n) is 5.35. The molecule has 0 saturated carbocycles. The number of nitrogens with one attached hydrogen (secondary N) is 1. The van der Waals surface area contributed by atoms with Gasteiger partial charge < -0.3 is 10.1 Å². The van der Waals surface area contributed by atoms with Crippen molar-refractivity contribution < 1.29 is 4.74 Å². The van der Waals surface area contributed by atoms with Gasteiger partial charge in [0.05, 0.1) is 5.69 Å². The number of nitrogens with zero attached hydrogens (tertiary/aromatic N) is 1. The van der Waals surface area contributed by atoms with Crippen LogP contribution in [0, 0.1) is 6.92 Å². The molecular formula is C17H21ClN2O. The minimum Gasteiger partial charge on any atom is -0.487 e. The SMILES string of the molecule is Cc1ccc(OCc2ccc(Cl)cc2)c(CNC(C)C)n1. The van der Waals surface area contributed by atoms with Crippen molar-refractivity contribution in [2.24, 2.45) is 0 Å². The molecule has 4 heteroatoms. The number of halogens is 1. The summed E-state index contributed by atoms with van der Waals surface area (Å²) < 4.78 is 5.90. The predicted octanol–water partition coefficient (Wildman–Crippen LogP) is 4.12. The smallest absolute Gasteiger partial charge is 0.142 e. The third-order valence-corrected chi connectivity index (χ3v) is 3.31. The van der Waals surface area contributed by atoms with E-state index in [2.05, 4.69) is 24.1 Å². The van der Waals surface area contributed by atoms with Crippen LogP contribution in [-0.2, 0) is 13.2 Å².